The molecule has 0 fully saturated rings. The summed E-state index contributed by atoms with van der Waals surface area (Å²) in [5.41, 5.74) is 1.25. The standard InChI is InChI=1S/C16H15N3O2S2/c1-2-14-18-10(9-23-14)8-17-15(20)11-5-6-12(19-16(11)21)13-4-3-7-22-13/h3-7,9H,2,8H2,1H3,(H,17,20)(H,19,21). The van der Waals surface area contributed by atoms with Crippen LogP contribution >= 0.6 is 22.7 Å². The highest BCUT2D eigenvalue weighted by Crippen LogP contribution is 2.21. The van der Waals surface area contributed by atoms with Crippen LogP contribution in [0.4, 0.5) is 0 Å². The fourth-order valence-electron chi connectivity index (χ4n) is 2.09. The predicted octanol–water partition coefficient (Wildman–Crippen LogP) is 3.05. The van der Waals surface area contributed by atoms with E-state index in [-0.39, 0.29) is 11.1 Å². The molecule has 0 aliphatic heterocycles. The summed E-state index contributed by atoms with van der Waals surface area (Å²) in [6, 6.07) is 7.14. The van der Waals surface area contributed by atoms with E-state index >= 15 is 0 Å². The van der Waals surface area contributed by atoms with Gasteiger partial charge in [0.15, 0.2) is 0 Å². The van der Waals surface area contributed by atoms with Crippen molar-refractivity contribution in [2.24, 2.45) is 0 Å². The molecule has 23 heavy (non-hydrogen) atoms. The highest BCUT2D eigenvalue weighted by Gasteiger charge is 2.12. The molecule has 5 nitrogen and oxygen atoms in total. The van der Waals surface area contributed by atoms with Crippen molar-refractivity contribution in [3.63, 3.8) is 0 Å². The van der Waals surface area contributed by atoms with Crippen molar-refractivity contribution in [2.75, 3.05) is 0 Å². The van der Waals surface area contributed by atoms with Gasteiger partial charge in [-0.1, -0.05) is 13.0 Å². The number of carbonyl (C=O) groups excluding carboxylic acids is 1. The molecule has 1 amide bonds. The summed E-state index contributed by atoms with van der Waals surface area (Å²) in [6.45, 7) is 2.36. The first kappa shape index (κ1) is 15.6. The number of thiophene rings is 1. The van der Waals surface area contributed by atoms with Crippen molar-refractivity contribution in [1.82, 2.24) is 15.3 Å². The Morgan fingerprint density at radius 1 is 1.30 bits per heavy atom. The SMILES string of the molecule is CCc1nc(CNC(=O)c2ccc(-c3cccs3)[nH]c2=O)cs1. The van der Waals surface area contributed by atoms with E-state index in [0.717, 1.165) is 22.0 Å². The van der Waals surface area contributed by atoms with Gasteiger partial charge in [0.1, 0.15) is 5.56 Å². The van der Waals surface area contributed by atoms with E-state index in [1.165, 1.54) is 11.3 Å². The van der Waals surface area contributed by atoms with Gasteiger partial charge in [0.25, 0.3) is 11.5 Å². The van der Waals surface area contributed by atoms with Crippen molar-refractivity contribution < 1.29 is 4.79 Å². The van der Waals surface area contributed by atoms with E-state index in [1.807, 2.05) is 29.8 Å². The Morgan fingerprint density at radius 2 is 2.17 bits per heavy atom. The third kappa shape index (κ3) is 3.57. The van der Waals surface area contributed by atoms with Gasteiger partial charge in [-0.3, -0.25) is 9.59 Å². The number of aromatic nitrogens is 2. The van der Waals surface area contributed by atoms with Crippen LogP contribution in [0.3, 0.4) is 0 Å². The van der Waals surface area contributed by atoms with Crippen LogP contribution in [0.15, 0.2) is 39.8 Å². The Kier molecular flexibility index (Phi) is 4.68. The number of aryl methyl sites for hydroxylation is 1. The van der Waals surface area contributed by atoms with Crippen LogP contribution in [-0.4, -0.2) is 15.9 Å². The van der Waals surface area contributed by atoms with Crippen LogP contribution in [0.25, 0.3) is 10.6 Å². The average Bonchev–Trinajstić information content (AvgIpc) is 3.24. The minimum Gasteiger partial charge on any atom is -0.346 e. The van der Waals surface area contributed by atoms with E-state index in [1.54, 1.807) is 23.5 Å². The van der Waals surface area contributed by atoms with Crippen LogP contribution in [0.2, 0.25) is 0 Å². The molecular weight excluding hydrogens is 330 g/mol. The zero-order valence-electron chi connectivity index (χ0n) is 12.5. The van der Waals surface area contributed by atoms with Crippen molar-refractivity contribution in [3.8, 4) is 10.6 Å². The number of aromatic amines is 1. The molecule has 3 aromatic rings. The quantitative estimate of drug-likeness (QED) is 0.746. The molecule has 3 aromatic heterocycles. The van der Waals surface area contributed by atoms with Gasteiger partial charge >= 0.3 is 0 Å². The maximum absolute atomic E-state index is 12.2. The highest BCUT2D eigenvalue weighted by atomic mass is 32.1. The number of rotatable bonds is 5. The molecule has 0 atom stereocenters. The lowest BCUT2D eigenvalue weighted by atomic mass is 10.2. The van der Waals surface area contributed by atoms with Crippen LogP contribution < -0.4 is 10.9 Å². The summed E-state index contributed by atoms with van der Waals surface area (Å²) in [6.07, 6.45) is 0.877. The molecular formula is C16H15N3O2S2. The maximum atomic E-state index is 12.2. The number of H-pyrrole nitrogens is 1. The molecule has 0 aliphatic rings. The fourth-order valence-corrected chi connectivity index (χ4v) is 3.54. The number of hydrogen-bond acceptors (Lipinski definition) is 5. The lowest BCUT2D eigenvalue weighted by Gasteiger charge is -2.04. The Labute approximate surface area is 141 Å². The zero-order valence-corrected chi connectivity index (χ0v) is 14.1. The third-order valence-corrected chi connectivity index (χ3v) is 5.22. The monoisotopic (exact) mass is 345 g/mol. The summed E-state index contributed by atoms with van der Waals surface area (Å²) in [5, 5.41) is 7.63. The second-order valence-electron chi connectivity index (χ2n) is 4.86. The number of nitrogens with zero attached hydrogens (tertiary/aromatic N) is 1. The van der Waals surface area contributed by atoms with Gasteiger partial charge in [0, 0.05) is 5.38 Å². The molecule has 0 saturated heterocycles. The molecule has 0 saturated carbocycles. The van der Waals surface area contributed by atoms with Crippen LogP contribution in [-0.2, 0) is 13.0 Å². The van der Waals surface area contributed by atoms with Crippen molar-refractivity contribution in [1.29, 1.82) is 0 Å². The molecule has 118 valence electrons. The first-order chi connectivity index (χ1) is 11.2. The number of nitrogens with one attached hydrogen (secondary N) is 2. The Hall–Kier alpha value is -2.25. The number of amides is 1. The summed E-state index contributed by atoms with van der Waals surface area (Å²) in [7, 11) is 0. The summed E-state index contributed by atoms with van der Waals surface area (Å²) in [5.74, 6) is -0.393. The van der Waals surface area contributed by atoms with Gasteiger partial charge < -0.3 is 10.3 Å². The van der Waals surface area contributed by atoms with Gasteiger partial charge in [-0.25, -0.2) is 4.98 Å². The molecule has 0 spiro atoms. The van der Waals surface area contributed by atoms with Gasteiger partial charge in [-0.15, -0.1) is 22.7 Å². The number of pyridine rings is 1. The van der Waals surface area contributed by atoms with E-state index in [4.69, 9.17) is 0 Å². The molecule has 0 bridgehead atoms. The summed E-state index contributed by atoms with van der Waals surface area (Å²) < 4.78 is 0. The Morgan fingerprint density at radius 3 is 2.83 bits per heavy atom. The lowest BCUT2D eigenvalue weighted by molar-refractivity contribution is 0.0949. The van der Waals surface area contributed by atoms with E-state index in [9.17, 15) is 9.59 Å². The molecule has 0 aliphatic carbocycles. The maximum Gasteiger partial charge on any atom is 0.261 e. The minimum atomic E-state index is -0.393. The fraction of sp³-hybridized carbons (Fsp3) is 0.188. The van der Waals surface area contributed by atoms with Crippen molar-refractivity contribution >= 4 is 28.6 Å². The van der Waals surface area contributed by atoms with E-state index in [0.29, 0.717) is 12.2 Å². The Balaban J connectivity index is 1.71. The van der Waals surface area contributed by atoms with Crippen LogP contribution in [0.5, 0.6) is 0 Å². The second-order valence-corrected chi connectivity index (χ2v) is 6.75. The van der Waals surface area contributed by atoms with Crippen molar-refractivity contribution in [3.05, 3.63) is 61.6 Å². The zero-order chi connectivity index (χ0) is 16.2. The lowest BCUT2D eigenvalue weighted by Crippen LogP contribution is -2.29. The van der Waals surface area contributed by atoms with Gasteiger partial charge in [-0.05, 0) is 30.0 Å². The largest absolute Gasteiger partial charge is 0.346 e. The van der Waals surface area contributed by atoms with Crippen LogP contribution in [0, 0.1) is 0 Å². The van der Waals surface area contributed by atoms with Crippen molar-refractivity contribution in [2.45, 2.75) is 19.9 Å². The summed E-state index contributed by atoms with van der Waals surface area (Å²) >= 11 is 3.10. The predicted molar refractivity (Wildman–Crippen MR) is 93.0 cm³/mol. The first-order valence-electron chi connectivity index (χ1n) is 7.16. The first-order valence-corrected chi connectivity index (χ1v) is 8.92. The smallest absolute Gasteiger partial charge is 0.261 e. The number of hydrogen-bond donors (Lipinski definition) is 2. The third-order valence-electron chi connectivity index (χ3n) is 3.27. The second kappa shape index (κ2) is 6.89. The average molecular weight is 345 g/mol. The molecule has 7 heteroatoms. The van der Waals surface area contributed by atoms with E-state index in [2.05, 4.69) is 15.3 Å². The molecule has 2 N–H and O–H groups in total. The van der Waals surface area contributed by atoms with Gasteiger partial charge in [0.05, 0.1) is 27.8 Å². The minimum absolute atomic E-state index is 0.108. The summed E-state index contributed by atoms with van der Waals surface area (Å²) in [4.78, 5) is 32.4. The molecule has 0 radical (unpaired) electrons. The molecule has 0 aromatic carbocycles. The molecule has 3 heterocycles. The number of thiazole rings is 1. The van der Waals surface area contributed by atoms with E-state index < -0.39 is 5.91 Å². The van der Waals surface area contributed by atoms with Gasteiger partial charge in [0.2, 0.25) is 0 Å². The molecule has 0 unspecified atom stereocenters. The number of carbonyl (C=O) groups is 1. The molecule has 3 rings (SSSR count). The highest BCUT2D eigenvalue weighted by molar-refractivity contribution is 7.13. The Bertz CT molecular complexity index is 866. The van der Waals surface area contributed by atoms with Crippen LogP contribution in [0.1, 0.15) is 28.0 Å². The topological polar surface area (TPSA) is 74.8 Å². The normalized spacial score (nSPS) is 10.7. The van der Waals surface area contributed by atoms with Gasteiger partial charge in [-0.2, -0.15) is 0 Å².